The van der Waals surface area contributed by atoms with Crippen LogP contribution in [0.2, 0.25) is 5.28 Å². The zero-order chi connectivity index (χ0) is 13.8. The summed E-state index contributed by atoms with van der Waals surface area (Å²) < 4.78 is 5.32. The minimum Gasteiger partial charge on any atom is -0.378 e. The monoisotopic (exact) mass is 309 g/mol. The third-order valence-electron chi connectivity index (χ3n) is 2.73. The zero-order valence-corrected chi connectivity index (χ0v) is 12.1. The molecule has 1 saturated heterocycles. The minimum atomic E-state index is 0.207. The third kappa shape index (κ3) is 3.36. The van der Waals surface area contributed by atoms with Gasteiger partial charge in [0.15, 0.2) is 5.16 Å². The normalized spacial score (nSPS) is 15.3. The van der Waals surface area contributed by atoms with E-state index in [0.29, 0.717) is 24.3 Å². The van der Waals surface area contributed by atoms with Gasteiger partial charge in [-0.3, -0.25) is 4.98 Å². The van der Waals surface area contributed by atoms with E-state index in [1.165, 1.54) is 11.8 Å². The summed E-state index contributed by atoms with van der Waals surface area (Å²) in [4.78, 5) is 19.8. The van der Waals surface area contributed by atoms with Crippen molar-refractivity contribution in [3.05, 3.63) is 29.8 Å². The molecule has 0 atom stereocenters. The molecule has 0 spiro atoms. The first kappa shape index (κ1) is 13.5. The van der Waals surface area contributed by atoms with Gasteiger partial charge in [-0.1, -0.05) is 0 Å². The van der Waals surface area contributed by atoms with Crippen molar-refractivity contribution in [1.29, 1.82) is 0 Å². The molecule has 0 aromatic carbocycles. The Kier molecular flexibility index (Phi) is 4.29. The van der Waals surface area contributed by atoms with Crippen LogP contribution >= 0.6 is 23.4 Å². The highest BCUT2D eigenvalue weighted by Crippen LogP contribution is 2.26. The van der Waals surface area contributed by atoms with Gasteiger partial charge < -0.3 is 9.64 Å². The van der Waals surface area contributed by atoms with Crippen LogP contribution in [0.5, 0.6) is 0 Å². The van der Waals surface area contributed by atoms with Crippen LogP contribution < -0.4 is 4.90 Å². The number of nitrogens with zero attached hydrogens (tertiary/aromatic N) is 5. The molecular weight excluding hydrogens is 298 g/mol. The number of pyridine rings is 1. The standard InChI is InChI=1S/C12H12ClN5OS/c13-10-15-11(18-5-7-19-8-6-18)17-12(16-10)20-9-1-3-14-4-2-9/h1-4H,5-8H2. The fraction of sp³-hybridized carbons (Fsp3) is 0.333. The van der Waals surface area contributed by atoms with Crippen molar-refractivity contribution in [2.24, 2.45) is 0 Å². The molecule has 2 aromatic rings. The van der Waals surface area contributed by atoms with E-state index in [1.54, 1.807) is 12.4 Å². The highest BCUT2D eigenvalue weighted by atomic mass is 35.5. The molecule has 0 aliphatic carbocycles. The second kappa shape index (κ2) is 6.34. The van der Waals surface area contributed by atoms with Gasteiger partial charge in [-0.05, 0) is 35.5 Å². The average molecular weight is 310 g/mol. The van der Waals surface area contributed by atoms with Crippen molar-refractivity contribution in [1.82, 2.24) is 19.9 Å². The van der Waals surface area contributed by atoms with Crippen molar-refractivity contribution < 1.29 is 4.74 Å². The molecule has 0 unspecified atom stereocenters. The lowest BCUT2D eigenvalue weighted by molar-refractivity contribution is 0.122. The van der Waals surface area contributed by atoms with Gasteiger partial charge in [-0.25, -0.2) is 0 Å². The van der Waals surface area contributed by atoms with Crippen LogP contribution in [0.25, 0.3) is 0 Å². The Morgan fingerprint density at radius 2 is 1.85 bits per heavy atom. The van der Waals surface area contributed by atoms with E-state index in [0.717, 1.165) is 18.0 Å². The van der Waals surface area contributed by atoms with Gasteiger partial charge in [0.05, 0.1) is 13.2 Å². The molecule has 0 radical (unpaired) electrons. The Hall–Kier alpha value is -1.44. The zero-order valence-electron chi connectivity index (χ0n) is 10.6. The number of hydrogen-bond acceptors (Lipinski definition) is 7. The molecule has 3 rings (SSSR count). The van der Waals surface area contributed by atoms with Gasteiger partial charge in [0, 0.05) is 30.4 Å². The first-order valence-electron chi connectivity index (χ1n) is 6.13. The first-order valence-corrected chi connectivity index (χ1v) is 7.33. The maximum Gasteiger partial charge on any atom is 0.230 e. The summed E-state index contributed by atoms with van der Waals surface area (Å²) in [6.07, 6.45) is 3.46. The highest BCUT2D eigenvalue weighted by molar-refractivity contribution is 7.99. The average Bonchev–Trinajstić information content (AvgIpc) is 2.49. The molecule has 0 saturated carbocycles. The number of rotatable bonds is 3. The van der Waals surface area contributed by atoms with Gasteiger partial charge in [-0.15, -0.1) is 0 Å². The topological polar surface area (TPSA) is 64.0 Å². The van der Waals surface area contributed by atoms with E-state index < -0.39 is 0 Å². The summed E-state index contributed by atoms with van der Waals surface area (Å²) in [5.74, 6) is 0.602. The van der Waals surface area contributed by atoms with Crippen molar-refractivity contribution in [3.63, 3.8) is 0 Å². The summed E-state index contributed by atoms with van der Waals surface area (Å²) in [6, 6.07) is 3.80. The molecule has 2 aromatic heterocycles. The van der Waals surface area contributed by atoms with E-state index in [-0.39, 0.29) is 5.28 Å². The molecule has 0 N–H and O–H groups in total. The number of anilines is 1. The molecule has 1 fully saturated rings. The summed E-state index contributed by atoms with van der Waals surface area (Å²) in [5.41, 5.74) is 0. The van der Waals surface area contributed by atoms with Gasteiger partial charge >= 0.3 is 0 Å². The molecule has 104 valence electrons. The van der Waals surface area contributed by atoms with Crippen molar-refractivity contribution in [3.8, 4) is 0 Å². The lowest BCUT2D eigenvalue weighted by atomic mass is 10.4. The molecule has 3 heterocycles. The van der Waals surface area contributed by atoms with Crippen LogP contribution in [0.4, 0.5) is 5.95 Å². The fourth-order valence-electron chi connectivity index (χ4n) is 1.78. The molecule has 20 heavy (non-hydrogen) atoms. The number of halogens is 1. The van der Waals surface area contributed by atoms with Crippen molar-refractivity contribution >= 4 is 29.3 Å². The van der Waals surface area contributed by atoms with Crippen molar-refractivity contribution in [2.45, 2.75) is 10.1 Å². The smallest absolute Gasteiger partial charge is 0.230 e. The summed E-state index contributed by atoms with van der Waals surface area (Å²) in [5, 5.41) is 0.788. The summed E-state index contributed by atoms with van der Waals surface area (Å²) in [6.45, 7) is 2.88. The predicted molar refractivity (Wildman–Crippen MR) is 76.2 cm³/mol. The second-order valence-electron chi connectivity index (χ2n) is 4.07. The summed E-state index contributed by atoms with van der Waals surface area (Å²) in [7, 11) is 0. The minimum absolute atomic E-state index is 0.207. The second-order valence-corrected chi connectivity index (χ2v) is 5.45. The molecule has 8 heteroatoms. The Balaban J connectivity index is 1.82. The third-order valence-corrected chi connectivity index (χ3v) is 3.77. The molecule has 0 amide bonds. The van der Waals surface area contributed by atoms with Crippen molar-refractivity contribution in [2.75, 3.05) is 31.2 Å². The van der Waals surface area contributed by atoms with E-state index in [1.807, 2.05) is 17.0 Å². The number of hydrogen-bond donors (Lipinski definition) is 0. The van der Waals surface area contributed by atoms with Crippen LogP contribution in [0, 0.1) is 0 Å². The lowest BCUT2D eigenvalue weighted by Crippen LogP contribution is -2.37. The lowest BCUT2D eigenvalue weighted by Gasteiger charge is -2.26. The Morgan fingerprint density at radius 1 is 1.10 bits per heavy atom. The van der Waals surface area contributed by atoms with E-state index in [2.05, 4.69) is 19.9 Å². The Bertz CT molecular complexity index is 579. The molecule has 0 bridgehead atoms. The van der Waals surface area contributed by atoms with Gasteiger partial charge in [0.2, 0.25) is 11.2 Å². The van der Waals surface area contributed by atoms with Gasteiger partial charge in [0.1, 0.15) is 0 Å². The largest absolute Gasteiger partial charge is 0.378 e. The van der Waals surface area contributed by atoms with Crippen LogP contribution in [0.3, 0.4) is 0 Å². The number of morpholine rings is 1. The van der Waals surface area contributed by atoms with E-state index >= 15 is 0 Å². The van der Waals surface area contributed by atoms with Crippen LogP contribution in [0.1, 0.15) is 0 Å². The Labute approximate surface area is 125 Å². The van der Waals surface area contributed by atoms with Gasteiger partial charge in [0.25, 0.3) is 0 Å². The van der Waals surface area contributed by atoms with Crippen LogP contribution in [-0.2, 0) is 4.74 Å². The number of ether oxygens (including phenoxy) is 1. The molecular formula is C12H12ClN5OS. The number of aromatic nitrogens is 4. The quantitative estimate of drug-likeness (QED) is 0.858. The summed E-state index contributed by atoms with van der Waals surface area (Å²) >= 11 is 7.42. The molecule has 1 aliphatic heterocycles. The maximum absolute atomic E-state index is 5.99. The van der Waals surface area contributed by atoms with Crippen LogP contribution in [0.15, 0.2) is 34.6 Å². The van der Waals surface area contributed by atoms with Gasteiger partial charge in [-0.2, -0.15) is 15.0 Å². The fourth-order valence-corrected chi connectivity index (χ4v) is 2.72. The molecule has 6 nitrogen and oxygen atoms in total. The van der Waals surface area contributed by atoms with Crippen LogP contribution in [-0.4, -0.2) is 46.2 Å². The SMILES string of the molecule is Clc1nc(Sc2ccncc2)nc(N2CCOCC2)n1. The van der Waals surface area contributed by atoms with E-state index in [9.17, 15) is 0 Å². The molecule has 1 aliphatic rings. The predicted octanol–water partition coefficient (Wildman–Crippen LogP) is 1.91. The Morgan fingerprint density at radius 3 is 2.60 bits per heavy atom. The maximum atomic E-state index is 5.99. The first-order chi connectivity index (χ1) is 9.81. The highest BCUT2D eigenvalue weighted by Gasteiger charge is 2.16. The van der Waals surface area contributed by atoms with E-state index in [4.69, 9.17) is 16.3 Å².